The molecule has 1 heteroatoms. The van der Waals surface area contributed by atoms with Crippen LogP contribution in [0.4, 0.5) is 0 Å². The van der Waals surface area contributed by atoms with Gasteiger partial charge in [-0.2, -0.15) is 0 Å². The van der Waals surface area contributed by atoms with Crippen LogP contribution in [0.5, 0.6) is 0 Å². The third-order valence-electron chi connectivity index (χ3n) is 4.15. The van der Waals surface area contributed by atoms with Gasteiger partial charge in [0.2, 0.25) is 0 Å². The van der Waals surface area contributed by atoms with Gasteiger partial charge in [0.05, 0.1) is 0 Å². The Kier molecular flexibility index (Phi) is 2.73. The van der Waals surface area contributed by atoms with Gasteiger partial charge in [-0.1, -0.05) is 18.9 Å². The van der Waals surface area contributed by atoms with E-state index >= 15 is 0 Å². The highest BCUT2D eigenvalue weighted by Crippen LogP contribution is 2.46. The molecule has 0 spiro atoms. The Balaban J connectivity index is 2.03. The van der Waals surface area contributed by atoms with E-state index in [0.29, 0.717) is 6.04 Å². The molecule has 2 atom stereocenters. The maximum atomic E-state index is 3.93. The highest BCUT2D eigenvalue weighted by atomic mass is 14.9. The first-order chi connectivity index (χ1) is 6.35. The zero-order valence-corrected chi connectivity index (χ0v) is 8.63. The molecular formula is C12H21N. The van der Waals surface area contributed by atoms with Crippen molar-refractivity contribution in [3.05, 3.63) is 12.7 Å². The van der Waals surface area contributed by atoms with Crippen LogP contribution in [-0.4, -0.2) is 13.1 Å². The maximum absolute atomic E-state index is 3.93. The van der Waals surface area contributed by atoms with Gasteiger partial charge in [-0.25, -0.2) is 0 Å². The average molecular weight is 179 g/mol. The smallest absolute Gasteiger partial charge is 0.0275 e. The maximum Gasteiger partial charge on any atom is 0.0275 e. The molecule has 0 saturated heterocycles. The van der Waals surface area contributed by atoms with Crippen molar-refractivity contribution in [2.75, 3.05) is 7.05 Å². The van der Waals surface area contributed by atoms with E-state index in [1.54, 1.807) is 0 Å². The molecule has 0 aromatic carbocycles. The fourth-order valence-corrected chi connectivity index (χ4v) is 3.38. The second-order valence-electron chi connectivity index (χ2n) is 4.73. The van der Waals surface area contributed by atoms with Crippen LogP contribution in [0.3, 0.4) is 0 Å². The van der Waals surface area contributed by atoms with E-state index in [0.717, 1.165) is 17.8 Å². The van der Waals surface area contributed by atoms with E-state index in [1.807, 2.05) is 0 Å². The number of fused-ring (bicyclic) bond motifs is 3. The minimum Gasteiger partial charge on any atom is -0.313 e. The van der Waals surface area contributed by atoms with Crippen LogP contribution in [0.25, 0.3) is 0 Å². The van der Waals surface area contributed by atoms with Crippen molar-refractivity contribution in [1.82, 2.24) is 5.32 Å². The molecule has 3 fully saturated rings. The largest absolute Gasteiger partial charge is 0.313 e. The lowest BCUT2D eigenvalue weighted by Gasteiger charge is -2.45. The number of hydrogen-bond acceptors (Lipinski definition) is 1. The Morgan fingerprint density at radius 3 is 2.38 bits per heavy atom. The molecule has 0 radical (unpaired) electrons. The second kappa shape index (κ2) is 3.83. The van der Waals surface area contributed by atoms with Gasteiger partial charge in [-0.05, 0) is 44.1 Å². The molecular weight excluding hydrogens is 158 g/mol. The minimum atomic E-state index is 0.563. The molecule has 0 heterocycles. The van der Waals surface area contributed by atoms with E-state index in [4.69, 9.17) is 0 Å². The molecule has 0 amide bonds. The van der Waals surface area contributed by atoms with Crippen LogP contribution in [0.15, 0.2) is 12.7 Å². The number of likely N-dealkylation sites (N-methyl/N-ethyl adjacent to an activating group) is 1. The fourth-order valence-electron chi connectivity index (χ4n) is 3.38. The summed E-state index contributed by atoms with van der Waals surface area (Å²) in [6.07, 6.45) is 9.49. The summed E-state index contributed by atoms with van der Waals surface area (Å²) in [4.78, 5) is 0. The quantitative estimate of drug-likeness (QED) is 0.657. The Labute approximate surface area is 81.6 Å². The van der Waals surface area contributed by atoms with Gasteiger partial charge in [0.25, 0.3) is 0 Å². The van der Waals surface area contributed by atoms with Crippen molar-refractivity contribution >= 4 is 0 Å². The molecule has 2 bridgehead atoms. The number of rotatable bonds is 3. The van der Waals surface area contributed by atoms with Crippen LogP contribution in [0, 0.1) is 17.8 Å². The molecule has 13 heavy (non-hydrogen) atoms. The molecule has 0 aliphatic heterocycles. The highest BCUT2D eigenvalue weighted by Gasteiger charge is 2.37. The minimum absolute atomic E-state index is 0.563. The van der Waals surface area contributed by atoms with E-state index in [1.165, 1.54) is 32.1 Å². The van der Waals surface area contributed by atoms with Gasteiger partial charge in [-0.3, -0.25) is 0 Å². The summed E-state index contributed by atoms with van der Waals surface area (Å²) < 4.78 is 0. The summed E-state index contributed by atoms with van der Waals surface area (Å²) >= 11 is 0. The zero-order valence-electron chi connectivity index (χ0n) is 8.63. The lowest BCUT2D eigenvalue weighted by Crippen LogP contribution is -2.42. The molecule has 0 aromatic heterocycles. The zero-order chi connectivity index (χ0) is 9.26. The van der Waals surface area contributed by atoms with Crippen molar-refractivity contribution < 1.29 is 0 Å². The summed E-state index contributed by atoms with van der Waals surface area (Å²) in [5.74, 6) is 2.90. The van der Waals surface area contributed by atoms with Crippen molar-refractivity contribution in [2.24, 2.45) is 17.8 Å². The second-order valence-corrected chi connectivity index (χ2v) is 4.73. The molecule has 3 aliphatic carbocycles. The predicted molar refractivity (Wildman–Crippen MR) is 56.6 cm³/mol. The highest BCUT2D eigenvalue weighted by molar-refractivity contribution is 4.98. The third kappa shape index (κ3) is 1.67. The number of nitrogens with one attached hydrogen (secondary N) is 1. The van der Waals surface area contributed by atoms with Gasteiger partial charge in [0, 0.05) is 6.04 Å². The van der Waals surface area contributed by atoms with Crippen LogP contribution in [0.2, 0.25) is 0 Å². The fraction of sp³-hybridized carbons (Fsp3) is 0.833. The van der Waals surface area contributed by atoms with E-state index in [2.05, 4.69) is 25.0 Å². The Bertz CT molecular complexity index is 180. The summed E-state index contributed by atoms with van der Waals surface area (Å²) in [6.45, 7) is 3.93. The molecule has 3 saturated carbocycles. The Hall–Kier alpha value is -0.300. The molecule has 0 aromatic rings. The lowest BCUT2D eigenvalue weighted by atomic mass is 9.62. The number of hydrogen-bond donors (Lipinski definition) is 1. The topological polar surface area (TPSA) is 12.0 Å². The van der Waals surface area contributed by atoms with E-state index in [-0.39, 0.29) is 0 Å². The first kappa shape index (κ1) is 9.26. The molecule has 74 valence electrons. The van der Waals surface area contributed by atoms with E-state index in [9.17, 15) is 0 Å². The summed E-state index contributed by atoms with van der Waals surface area (Å²) in [7, 11) is 2.06. The monoisotopic (exact) mass is 179 g/mol. The van der Waals surface area contributed by atoms with Gasteiger partial charge < -0.3 is 5.32 Å². The van der Waals surface area contributed by atoms with Crippen LogP contribution in [-0.2, 0) is 0 Å². The Morgan fingerprint density at radius 2 is 2.00 bits per heavy atom. The average Bonchev–Trinajstić information content (AvgIpc) is 2.22. The van der Waals surface area contributed by atoms with Crippen molar-refractivity contribution in [2.45, 2.75) is 38.1 Å². The SMILES string of the molecule is C=CC(NC)C1CC2CCC1CC2. The molecule has 1 nitrogen and oxygen atoms in total. The van der Waals surface area contributed by atoms with Gasteiger partial charge in [-0.15, -0.1) is 6.58 Å². The van der Waals surface area contributed by atoms with Gasteiger partial charge in [0.1, 0.15) is 0 Å². The van der Waals surface area contributed by atoms with Gasteiger partial charge in [0.15, 0.2) is 0 Å². The molecule has 2 unspecified atom stereocenters. The van der Waals surface area contributed by atoms with Crippen molar-refractivity contribution in [1.29, 1.82) is 0 Å². The lowest BCUT2D eigenvalue weighted by molar-refractivity contribution is 0.0841. The summed E-state index contributed by atoms with van der Waals surface area (Å²) in [5.41, 5.74) is 0. The van der Waals surface area contributed by atoms with Gasteiger partial charge >= 0.3 is 0 Å². The molecule has 3 aliphatic rings. The summed E-state index contributed by atoms with van der Waals surface area (Å²) in [6, 6.07) is 0.563. The normalized spacial score (nSPS) is 40.2. The molecule has 3 rings (SSSR count). The third-order valence-corrected chi connectivity index (χ3v) is 4.15. The predicted octanol–water partition coefficient (Wildman–Crippen LogP) is 2.59. The standard InChI is InChI=1S/C12H21N/c1-3-12(13-2)11-8-9-4-6-10(11)7-5-9/h3,9-13H,1,4-8H2,2H3. The van der Waals surface area contributed by atoms with Crippen LogP contribution in [0.1, 0.15) is 32.1 Å². The van der Waals surface area contributed by atoms with Crippen LogP contribution >= 0.6 is 0 Å². The summed E-state index contributed by atoms with van der Waals surface area (Å²) in [5, 5.41) is 3.39. The van der Waals surface area contributed by atoms with Crippen LogP contribution < -0.4 is 5.32 Å². The molecule has 1 N–H and O–H groups in total. The van der Waals surface area contributed by atoms with Crippen molar-refractivity contribution in [3.8, 4) is 0 Å². The Morgan fingerprint density at radius 1 is 1.31 bits per heavy atom. The van der Waals surface area contributed by atoms with Crippen molar-refractivity contribution in [3.63, 3.8) is 0 Å². The first-order valence-electron chi connectivity index (χ1n) is 5.65. The van der Waals surface area contributed by atoms with E-state index < -0.39 is 0 Å². The first-order valence-corrected chi connectivity index (χ1v) is 5.65.